The molecule has 1 fully saturated rings. The molecular formula is C20H25NO6. The molecule has 7 nitrogen and oxygen atoms in total. The van der Waals surface area contributed by atoms with Crippen molar-refractivity contribution in [1.29, 1.82) is 0 Å². The maximum atomic E-state index is 12.5. The number of benzene rings is 1. The molecule has 2 N–H and O–H groups in total. The van der Waals surface area contributed by atoms with E-state index in [0.717, 1.165) is 24.0 Å². The van der Waals surface area contributed by atoms with Crippen LogP contribution in [0.15, 0.2) is 18.2 Å². The summed E-state index contributed by atoms with van der Waals surface area (Å²) in [6.45, 7) is 4.53. The molecule has 7 heteroatoms. The van der Waals surface area contributed by atoms with Crippen LogP contribution in [0.5, 0.6) is 11.5 Å². The normalized spacial score (nSPS) is 27.9. The van der Waals surface area contributed by atoms with E-state index in [2.05, 4.69) is 6.08 Å². The van der Waals surface area contributed by atoms with Gasteiger partial charge >= 0.3 is 5.97 Å². The molecule has 27 heavy (non-hydrogen) atoms. The first-order chi connectivity index (χ1) is 12.9. The Morgan fingerprint density at radius 3 is 2.70 bits per heavy atom. The van der Waals surface area contributed by atoms with Crippen molar-refractivity contribution in [2.45, 2.75) is 44.7 Å². The fourth-order valence-corrected chi connectivity index (χ4v) is 4.10. The highest BCUT2D eigenvalue weighted by Crippen LogP contribution is 2.46. The molecule has 1 aromatic carbocycles. The van der Waals surface area contributed by atoms with Gasteiger partial charge in [-0.25, -0.2) is 4.79 Å². The van der Waals surface area contributed by atoms with E-state index in [9.17, 15) is 4.79 Å². The maximum Gasteiger partial charge on any atom is 0.338 e. The first-order valence-electron chi connectivity index (χ1n) is 9.21. The maximum absolute atomic E-state index is 12.5. The van der Waals surface area contributed by atoms with E-state index in [1.807, 2.05) is 19.9 Å². The average molecular weight is 375 g/mol. The zero-order chi connectivity index (χ0) is 19.2. The van der Waals surface area contributed by atoms with Gasteiger partial charge < -0.3 is 29.4 Å². The SMILES string of the molecule is COC(=O)c1cc2c(cc1C1=C[C@H](CCN)C[C@@H]3OC(C)(C)O[C@H]13)OCO2. The van der Waals surface area contributed by atoms with Crippen LogP contribution in [-0.2, 0) is 14.2 Å². The Balaban J connectivity index is 1.83. The van der Waals surface area contributed by atoms with Crippen LogP contribution in [0.4, 0.5) is 0 Å². The summed E-state index contributed by atoms with van der Waals surface area (Å²) in [5.41, 5.74) is 7.86. The number of nitrogens with two attached hydrogens (primary N) is 1. The molecule has 146 valence electrons. The number of methoxy groups -OCH3 is 1. The number of hydrogen-bond donors (Lipinski definition) is 1. The molecule has 2 heterocycles. The summed E-state index contributed by atoms with van der Waals surface area (Å²) < 4.78 is 28.3. The number of esters is 1. The van der Waals surface area contributed by atoms with Crippen LogP contribution in [0, 0.1) is 5.92 Å². The lowest BCUT2D eigenvalue weighted by Gasteiger charge is -2.30. The topological polar surface area (TPSA) is 89.2 Å². The van der Waals surface area contributed by atoms with Crippen LogP contribution in [-0.4, -0.2) is 44.4 Å². The fraction of sp³-hybridized carbons (Fsp3) is 0.550. The second kappa shape index (κ2) is 6.82. The van der Waals surface area contributed by atoms with Gasteiger partial charge in [0.05, 0.1) is 18.8 Å². The highest BCUT2D eigenvalue weighted by atomic mass is 16.8. The van der Waals surface area contributed by atoms with Gasteiger partial charge in [-0.1, -0.05) is 6.08 Å². The first kappa shape index (κ1) is 18.3. The molecule has 1 aromatic rings. The third kappa shape index (κ3) is 3.31. The minimum atomic E-state index is -0.687. The molecule has 0 aromatic heterocycles. The monoisotopic (exact) mass is 375 g/mol. The smallest absolute Gasteiger partial charge is 0.338 e. The molecule has 1 saturated heterocycles. The standard InChI is InChI=1S/C20H25NO6/c1-20(2)26-17-7-11(4-5-21)6-13(18(17)27-20)12-8-15-16(25-10-24-15)9-14(12)19(22)23-3/h6,8-9,11,17-18H,4-5,7,10,21H2,1-3H3/t11-,17-,18+/m0/s1. The van der Waals surface area contributed by atoms with Gasteiger partial charge in [0.25, 0.3) is 0 Å². The summed E-state index contributed by atoms with van der Waals surface area (Å²) in [5.74, 6) is 0.275. The molecule has 3 atom stereocenters. The molecule has 0 bridgehead atoms. The summed E-state index contributed by atoms with van der Waals surface area (Å²) in [4.78, 5) is 12.5. The Morgan fingerprint density at radius 1 is 1.26 bits per heavy atom. The number of carbonyl (C=O) groups is 1. The largest absolute Gasteiger partial charge is 0.465 e. The summed E-state index contributed by atoms with van der Waals surface area (Å²) in [7, 11) is 1.37. The van der Waals surface area contributed by atoms with Crippen molar-refractivity contribution >= 4 is 11.5 Å². The zero-order valence-corrected chi connectivity index (χ0v) is 15.8. The number of ether oxygens (including phenoxy) is 5. The lowest BCUT2D eigenvalue weighted by molar-refractivity contribution is -0.143. The Bertz CT molecular complexity index is 787. The van der Waals surface area contributed by atoms with Crippen LogP contribution >= 0.6 is 0 Å². The van der Waals surface area contributed by atoms with Crippen molar-refractivity contribution in [2.75, 3.05) is 20.4 Å². The second-order valence-corrected chi connectivity index (χ2v) is 7.53. The quantitative estimate of drug-likeness (QED) is 0.809. The van der Waals surface area contributed by atoms with E-state index < -0.39 is 11.8 Å². The van der Waals surface area contributed by atoms with Crippen molar-refractivity contribution in [3.63, 3.8) is 0 Å². The van der Waals surface area contributed by atoms with Crippen LogP contribution in [0.25, 0.3) is 5.57 Å². The summed E-state index contributed by atoms with van der Waals surface area (Å²) in [5, 5.41) is 0. The van der Waals surface area contributed by atoms with Gasteiger partial charge in [-0.3, -0.25) is 0 Å². The predicted octanol–water partition coefficient (Wildman–Crippen LogP) is 2.47. The van der Waals surface area contributed by atoms with Gasteiger partial charge in [0, 0.05) is 0 Å². The minimum Gasteiger partial charge on any atom is -0.465 e. The minimum absolute atomic E-state index is 0.0903. The van der Waals surface area contributed by atoms with Gasteiger partial charge in [0.1, 0.15) is 6.10 Å². The number of allylic oxidation sites excluding steroid dienone is 1. The molecule has 1 aliphatic carbocycles. The van der Waals surface area contributed by atoms with E-state index in [1.54, 1.807) is 6.07 Å². The molecule has 0 amide bonds. The predicted molar refractivity (Wildman–Crippen MR) is 97.5 cm³/mol. The van der Waals surface area contributed by atoms with Crippen molar-refractivity contribution in [1.82, 2.24) is 0 Å². The molecular weight excluding hydrogens is 350 g/mol. The van der Waals surface area contributed by atoms with Crippen LogP contribution in [0.1, 0.15) is 42.6 Å². The lowest BCUT2D eigenvalue weighted by atomic mass is 9.80. The van der Waals surface area contributed by atoms with Gasteiger partial charge in [-0.2, -0.15) is 0 Å². The highest BCUT2D eigenvalue weighted by molar-refractivity contribution is 5.97. The number of hydrogen-bond acceptors (Lipinski definition) is 7. The lowest BCUT2D eigenvalue weighted by Crippen LogP contribution is -2.32. The summed E-state index contributed by atoms with van der Waals surface area (Å²) in [6.07, 6.45) is 3.48. The second-order valence-electron chi connectivity index (χ2n) is 7.53. The zero-order valence-electron chi connectivity index (χ0n) is 15.8. The van der Waals surface area contributed by atoms with E-state index in [0.29, 0.717) is 23.6 Å². The van der Waals surface area contributed by atoms with E-state index in [1.165, 1.54) is 7.11 Å². The number of carbonyl (C=O) groups excluding carboxylic acids is 1. The Kier molecular flexibility index (Phi) is 4.61. The summed E-state index contributed by atoms with van der Waals surface area (Å²) in [6, 6.07) is 3.50. The highest BCUT2D eigenvalue weighted by Gasteiger charge is 2.46. The average Bonchev–Trinajstić information content (AvgIpc) is 3.21. The first-order valence-corrected chi connectivity index (χ1v) is 9.21. The van der Waals surface area contributed by atoms with Gasteiger partial charge in [-0.15, -0.1) is 0 Å². The number of fused-ring (bicyclic) bond motifs is 2. The molecule has 3 aliphatic rings. The molecule has 4 rings (SSSR count). The molecule has 0 radical (unpaired) electrons. The molecule has 0 unspecified atom stereocenters. The molecule has 0 saturated carbocycles. The van der Waals surface area contributed by atoms with E-state index in [4.69, 9.17) is 29.4 Å². The molecule has 0 spiro atoms. The third-order valence-corrected chi connectivity index (χ3v) is 5.21. The van der Waals surface area contributed by atoms with Crippen LogP contribution in [0.2, 0.25) is 0 Å². The van der Waals surface area contributed by atoms with Crippen molar-refractivity contribution in [3.05, 3.63) is 29.3 Å². The van der Waals surface area contributed by atoms with E-state index >= 15 is 0 Å². The third-order valence-electron chi connectivity index (χ3n) is 5.21. The van der Waals surface area contributed by atoms with Crippen LogP contribution in [0.3, 0.4) is 0 Å². The van der Waals surface area contributed by atoms with E-state index in [-0.39, 0.29) is 24.9 Å². The number of rotatable bonds is 4. The van der Waals surface area contributed by atoms with Crippen molar-refractivity contribution in [3.8, 4) is 11.5 Å². The van der Waals surface area contributed by atoms with Gasteiger partial charge in [-0.05, 0) is 62.4 Å². The summed E-state index contributed by atoms with van der Waals surface area (Å²) >= 11 is 0. The Morgan fingerprint density at radius 2 is 2.00 bits per heavy atom. The fourth-order valence-electron chi connectivity index (χ4n) is 4.10. The Hall–Kier alpha value is -2.09. The molecule has 2 aliphatic heterocycles. The Labute approximate surface area is 158 Å². The van der Waals surface area contributed by atoms with Crippen molar-refractivity contribution < 1.29 is 28.5 Å². The van der Waals surface area contributed by atoms with Gasteiger partial charge in [0.15, 0.2) is 17.3 Å². The van der Waals surface area contributed by atoms with Gasteiger partial charge in [0.2, 0.25) is 6.79 Å². The van der Waals surface area contributed by atoms with Crippen LogP contribution < -0.4 is 15.2 Å². The van der Waals surface area contributed by atoms with Crippen molar-refractivity contribution in [2.24, 2.45) is 11.7 Å².